The topological polar surface area (TPSA) is 92.6 Å². The summed E-state index contributed by atoms with van der Waals surface area (Å²) in [6.45, 7) is 1.64. The lowest BCUT2D eigenvalue weighted by atomic mass is 10.0. The molecule has 0 fully saturated rings. The highest BCUT2D eigenvalue weighted by Gasteiger charge is 2.38. The predicted molar refractivity (Wildman–Crippen MR) is 97.5 cm³/mol. The van der Waals surface area contributed by atoms with Gasteiger partial charge in [0.1, 0.15) is 5.70 Å². The van der Waals surface area contributed by atoms with Crippen molar-refractivity contribution in [3.05, 3.63) is 75.5 Å². The molecule has 0 radical (unpaired) electrons. The Kier molecular flexibility index (Phi) is 5.10. The maximum absolute atomic E-state index is 13.0. The van der Waals surface area contributed by atoms with Crippen LogP contribution in [-0.2, 0) is 15.8 Å². The molecule has 0 unspecified atom stereocenters. The van der Waals surface area contributed by atoms with Crippen molar-refractivity contribution in [1.82, 2.24) is 4.90 Å². The molecule has 0 aliphatic carbocycles. The Morgan fingerprint density at radius 3 is 2.28 bits per heavy atom. The van der Waals surface area contributed by atoms with E-state index in [-0.39, 0.29) is 34.8 Å². The maximum Gasteiger partial charge on any atom is 0.416 e. The van der Waals surface area contributed by atoms with E-state index in [0.29, 0.717) is 0 Å². The highest BCUT2D eigenvalue weighted by Crippen LogP contribution is 2.34. The van der Waals surface area contributed by atoms with Crippen LogP contribution in [0.15, 0.2) is 54.2 Å². The predicted octanol–water partition coefficient (Wildman–Crippen LogP) is 3.83. The van der Waals surface area contributed by atoms with Crippen LogP contribution in [0.5, 0.6) is 0 Å². The van der Waals surface area contributed by atoms with Gasteiger partial charge in [-0.3, -0.25) is 24.6 Å². The van der Waals surface area contributed by atoms with Gasteiger partial charge in [0.05, 0.1) is 16.1 Å². The highest BCUT2D eigenvalue weighted by atomic mass is 19.4. The Morgan fingerprint density at radius 2 is 1.72 bits per heavy atom. The Bertz CT molecular complexity index is 1030. The van der Waals surface area contributed by atoms with Crippen molar-refractivity contribution in [2.45, 2.75) is 13.1 Å². The number of rotatable bonds is 5. The Hall–Kier alpha value is -3.69. The summed E-state index contributed by atoms with van der Waals surface area (Å²) in [5.74, 6) is -1.33. The number of hydrogen-bond acceptors (Lipinski definition) is 5. The van der Waals surface area contributed by atoms with E-state index in [9.17, 15) is 32.9 Å². The number of non-ortho nitro benzene ring substituents is 1. The van der Waals surface area contributed by atoms with Crippen molar-refractivity contribution in [3.8, 4) is 0 Å². The van der Waals surface area contributed by atoms with E-state index in [0.717, 1.165) is 17.0 Å². The zero-order valence-corrected chi connectivity index (χ0v) is 15.0. The summed E-state index contributed by atoms with van der Waals surface area (Å²) >= 11 is 0. The van der Waals surface area contributed by atoms with Gasteiger partial charge >= 0.3 is 6.18 Å². The number of nitro groups is 1. The molecule has 150 valence electrons. The first-order valence-corrected chi connectivity index (χ1v) is 8.43. The number of nitro benzene ring substituents is 1. The molecule has 2 aromatic rings. The number of anilines is 1. The number of carbonyl (C=O) groups is 2. The Balaban J connectivity index is 2.07. The zero-order chi connectivity index (χ0) is 21.3. The SMILES string of the molecule is CCN1C(=O)C(Nc2cccc(C(F)(F)F)c2)=C(c2ccc([N+](=O)[O-])cc2)C1=O. The summed E-state index contributed by atoms with van der Waals surface area (Å²) in [6.07, 6.45) is -4.57. The number of likely N-dealkylation sites (N-methyl/N-ethyl adjacent to an activating group) is 1. The quantitative estimate of drug-likeness (QED) is 0.464. The van der Waals surface area contributed by atoms with Crippen molar-refractivity contribution in [1.29, 1.82) is 0 Å². The van der Waals surface area contributed by atoms with Gasteiger partial charge in [-0.05, 0) is 42.8 Å². The summed E-state index contributed by atoms with van der Waals surface area (Å²) in [5.41, 5.74) is -1.16. The molecule has 10 heteroatoms. The highest BCUT2D eigenvalue weighted by molar-refractivity contribution is 6.36. The van der Waals surface area contributed by atoms with Gasteiger partial charge in [0, 0.05) is 24.4 Å². The number of benzene rings is 2. The molecule has 2 aromatic carbocycles. The zero-order valence-electron chi connectivity index (χ0n) is 15.0. The molecule has 7 nitrogen and oxygen atoms in total. The molecule has 1 aliphatic rings. The number of amides is 2. The van der Waals surface area contributed by atoms with E-state index in [1.165, 1.54) is 36.4 Å². The normalized spacial score (nSPS) is 14.6. The summed E-state index contributed by atoms with van der Waals surface area (Å²) < 4.78 is 38.9. The van der Waals surface area contributed by atoms with Gasteiger partial charge in [-0.15, -0.1) is 0 Å². The smallest absolute Gasteiger partial charge is 0.350 e. The van der Waals surface area contributed by atoms with Crippen molar-refractivity contribution >= 4 is 28.8 Å². The summed E-state index contributed by atoms with van der Waals surface area (Å²) in [5, 5.41) is 13.4. The van der Waals surface area contributed by atoms with Crippen LogP contribution in [0.4, 0.5) is 24.5 Å². The van der Waals surface area contributed by atoms with Crippen LogP contribution in [0.2, 0.25) is 0 Å². The van der Waals surface area contributed by atoms with Crippen LogP contribution in [0.1, 0.15) is 18.1 Å². The number of halogens is 3. The van der Waals surface area contributed by atoms with Gasteiger partial charge in [-0.1, -0.05) is 6.07 Å². The molecular weight excluding hydrogens is 391 g/mol. The van der Waals surface area contributed by atoms with Crippen LogP contribution in [0.25, 0.3) is 5.57 Å². The minimum atomic E-state index is -4.57. The third-order valence-electron chi connectivity index (χ3n) is 4.31. The van der Waals surface area contributed by atoms with Gasteiger partial charge in [0.15, 0.2) is 0 Å². The molecule has 1 heterocycles. The first kappa shape index (κ1) is 20.1. The molecule has 0 atom stereocenters. The van der Waals surface area contributed by atoms with Crippen molar-refractivity contribution in [2.75, 3.05) is 11.9 Å². The van der Waals surface area contributed by atoms with E-state index in [1.807, 2.05) is 0 Å². The molecule has 29 heavy (non-hydrogen) atoms. The van der Waals surface area contributed by atoms with E-state index >= 15 is 0 Å². The van der Waals surface area contributed by atoms with Crippen LogP contribution in [0.3, 0.4) is 0 Å². The number of nitrogens with zero attached hydrogens (tertiary/aromatic N) is 2. The first-order valence-electron chi connectivity index (χ1n) is 8.43. The second-order valence-electron chi connectivity index (χ2n) is 6.11. The average Bonchev–Trinajstić information content (AvgIpc) is 2.90. The third kappa shape index (κ3) is 3.82. The van der Waals surface area contributed by atoms with E-state index in [4.69, 9.17) is 0 Å². The fraction of sp³-hybridized carbons (Fsp3) is 0.158. The molecular formula is C19H14F3N3O4. The average molecular weight is 405 g/mol. The second-order valence-corrected chi connectivity index (χ2v) is 6.11. The Morgan fingerprint density at radius 1 is 1.07 bits per heavy atom. The van der Waals surface area contributed by atoms with Crippen LogP contribution < -0.4 is 5.32 Å². The largest absolute Gasteiger partial charge is 0.416 e. The lowest BCUT2D eigenvalue weighted by molar-refractivity contribution is -0.384. The number of nitrogens with one attached hydrogen (secondary N) is 1. The number of carbonyl (C=O) groups excluding carboxylic acids is 2. The number of hydrogen-bond donors (Lipinski definition) is 1. The molecule has 1 N–H and O–H groups in total. The lowest BCUT2D eigenvalue weighted by Gasteiger charge is -2.13. The van der Waals surface area contributed by atoms with Gasteiger partial charge < -0.3 is 5.32 Å². The summed E-state index contributed by atoms with van der Waals surface area (Å²) in [6, 6.07) is 9.20. The minimum Gasteiger partial charge on any atom is -0.350 e. The van der Waals surface area contributed by atoms with Crippen molar-refractivity contribution < 1.29 is 27.7 Å². The van der Waals surface area contributed by atoms with Crippen molar-refractivity contribution in [2.24, 2.45) is 0 Å². The summed E-state index contributed by atoms with van der Waals surface area (Å²) in [4.78, 5) is 36.5. The monoisotopic (exact) mass is 405 g/mol. The second kappa shape index (κ2) is 7.38. The molecule has 2 amide bonds. The van der Waals surface area contributed by atoms with Gasteiger partial charge in [0.2, 0.25) is 0 Å². The van der Waals surface area contributed by atoms with Gasteiger partial charge in [-0.2, -0.15) is 13.2 Å². The van der Waals surface area contributed by atoms with E-state index in [1.54, 1.807) is 6.92 Å². The third-order valence-corrected chi connectivity index (χ3v) is 4.31. The van der Waals surface area contributed by atoms with Gasteiger partial charge in [-0.25, -0.2) is 0 Å². The van der Waals surface area contributed by atoms with Crippen LogP contribution in [0, 0.1) is 10.1 Å². The first-order chi connectivity index (χ1) is 13.6. The minimum absolute atomic E-state index is 0.0201. The Labute approximate surface area is 162 Å². The summed E-state index contributed by atoms with van der Waals surface area (Å²) in [7, 11) is 0. The molecule has 0 saturated heterocycles. The standard InChI is InChI=1S/C19H14F3N3O4/c1-2-24-17(26)15(11-6-8-14(9-7-11)25(28)29)16(18(24)27)23-13-5-3-4-12(10-13)19(20,21)22/h3-10,23H,2H2,1H3. The van der Waals surface area contributed by atoms with Crippen molar-refractivity contribution in [3.63, 3.8) is 0 Å². The molecule has 0 saturated carbocycles. The maximum atomic E-state index is 13.0. The van der Waals surface area contributed by atoms with Gasteiger partial charge in [0.25, 0.3) is 17.5 Å². The number of alkyl halides is 3. The van der Waals surface area contributed by atoms with Crippen LogP contribution >= 0.6 is 0 Å². The fourth-order valence-corrected chi connectivity index (χ4v) is 2.91. The lowest BCUT2D eigenvalue weighted by Crippen LogP contribution is -2.32. The van der Waals surface area contributed by atoms with E-state index < -0.39 is 28.5 Å². The fourth-order valence-electron chi connectivity index (χ4n) is 2.91. The molecule has 0 bridgehead atoms. The molecule has 0 aromatic heterocycles. The van der Waals surface area contributed by atoms with Crippen LogP contribution in [-0.4, -0.2) is 28.2 Å². The molecule has 0 spiro atoms. The number of imide groups is 1. The molecule has 1 aliphatic heterocycles. The van der Waals surface area contributed by atoms with E-state index in [2.05, 4.69) is 5.32 Å². The molecule has 3 rings (SSSR count).